The van der Waals surface area contributed by atoms with Crippen LogP contribution in [0, 0.1) is 29.4 Å². The Morgan fingerprint density at radius 3 is 2.00 bits per heavy atom. The molecule has 0 N–H and O–H groups in total. The highest BCUT2D eigenvalue weighted by atomic mass is 19.2. The van der Waals surface area contributed by atoms with Crippen molar-refractivity contribution in [2.75, 3.05) is 6.61 Å². The quantitative estimate of drug-likeness (QED) is 0.428. The number of halogens is 2. The van der Waals surface area contributed by atoms with Crippen LogP contribution in [0.15, 0.2) is 24.3 Å². The summed E-state index contributed by atoms with van der Waals surface area (Å²) in [7, 11) is 0. The smallest absolute Gasteiger partial charge is 0.167 e. The Balaban J connectivity index is 1.35. The predicted molar refractivity (Wildman–Crippen MR) is 125 cm³/mol. The summed E-state index contributed by atoms with van der Waals surface area (Å²) in [6.45, 7) is 4.72. The molecule has 0 bridgehead atoms. The fourth-order valence-electron chi connectivity index (χ4n) is 6.04. The second-order valence-electron chi connectivity index (χ2n) is 10.00. The Hall–Kier alpha value is -1.64. The zero-order chi connectivity index (χ0) is 21.8. The van der Waals surface area contributed by atoms with Crippen LogP contribution >= 0.6 is 0 Å². The minimum atomic E-state index is -0.723. The van der Waals surface area contributed by atoms with E-state index >= 15 is 0 Å². The molecule has 0 aromatic heterocycles. The summed E-state index contributed by atoms with van der Waals surface area (Å²) in [4.78, 5) is 0. The van der Waals surface area contributed by atoms with E-state index in [1.807, 2.05) is 25.1 Å². The molecular weight excluding hydrogens is 390 g/mol. The molecule has 2 aliphatic carbocycles. The van der Waals surface area contributed by atoms with Crippen LogP contribution in [0.5, 0.6) is 5.75 Å². The molecule has 4 rings (SSSR count). The second kappa shape index (κ2) is 10.3. The van der Waals surface area contributed by atoms with E-state index in [9.17, 15) is 8.78 Å². The van der Waals surface area contributed by atoms with E-state index in [0.29, 0.717) is 23.3 Å². The first-order chi connectivity index (χ1) is 15.1. The molecule has 0 amide bonds. The number of hydrogen-bond donors (Lipinski definition) is 0. The lowest BCUT2D eigenvalue weighted by molar-refractivity contribution is 0.227. The van der Waals surface area contributed by atoms with Gasteiger partial charge in [-0.2, -0.15) is 0 Å². The van der Waals surface area contributed by atoms with Crippen LogP contribution in [-0.2, 0) is 0 Å². The Kier molecular flexibility index (Phi) is 7.51. The third kappa shape index (κ3) is 5.23. The Labute approximate surface area is 186 Å². The third-order valence-electron chi connectivity index (χ3n) is 8.14. The first-order valence-electron chi connectivity index (χ1n) is 12.6. The maximum absolute atomic E-state index is 15.0. The van der Waals surface area contributed by atoms with Crippen LogP contribution in [0.4, 0.5) is 8.78 Å². The normalized spacial score (nSPS) is 26.8. The van der Waals surface area contributed by atoms with Gasteiger partial charge in [0.25, 0.3) is 0 Å². The van der Waals surface area contributed by atoms with Crippen molar-refractivity contribution in [1.29, 1.82) is 0 Å². The third-order valence-corrected chi connectivity index (χ3v) is 8.14. The molecule has 0 aliphatic heterocycles. The van der Waals surface area contributed by atoms with Gasteiger partial charge in [0.2, 0.25) is 0 Å². The van der Waals surface area contributed by atoms with E-state index in [4.69, 9.17) is 4.74 Å². The zero-order valence-corrected chi connectivity index (χ0v) is 19.3. The molecule has 1 nitrogen and oxygen atoms in total. The molecular formula is C28H38F2O. The standard InChI is InChI=1S/C28H38F2O/c1-3-19-5-7-20(8-6-19)9-10-21-11-13-22(14-12-21)25-17-23-15-16-24(31-4-2)18-26(23)28(30)27(25)29/h15-22H,3-14H2,1-2H3. The first kappa shape index (κ1) is 22.6. The number of benzene rings is 2. The van der Waals surface area contributed by atoms with Crippen molar-refractivity contribution in [2.24, 2.45) is 17.8 Å². The van der Waals surface area contributed by atoms with Crippen LogP contribution in [-0.4, -0.2) is 6.61 Å². The average Bonchev–Trinajstić information content (AvgIpc) is 2.81. The second-order valence-corrected chi connectivity index (χ2v) is 10.00. The molecule has 0 radical (unpaired) electrons. The van der Waals surface area contributed by atoms with Gasteiger partial charge in [0, 0.05) is 5.39 Å². The van der Waals surface area contributed by atoms with Gasteiger partial charge in [0.1, 0.15) is 5.75 Å². The summed E-state index contributed by atoms with van der Waals surface area (Å²) < 4.78 is 35.3. The van der Waals surface area contributed by atoms with Gasteiger partial charge in [0.05, 0.1) is 6.61 Å². The number of rotatable bonds is 7. The fourth-order valence-corrected chi connectivity index (χ4v) is 6.04. The molecule has 170 valence electrons. The summed E-state index contributed by atoms with van der Waals surface area (Å²) in [5.41, 5.74) is 0.575. The minimum Gasteiger partial charge on any atom is -0.494 e. The molecule has 2 saturated carbocycles. The largest absolute Gasteiger partial charge is 0.494 e. The van der Waals surface area contributed by atoms with Crippen LogP contribution in [0.1, 0.15) is 96.0 Å². The Morgan fingerprint density at radius 2 is 1.39 bits per heavy atom. The lowest BCUT2D eigenvalue weighted by atomic mass is 9.74. The maximum atomic E-state index is 15.0. The van der Waals surface area contributed by atoms with E-state index in [-0.39, 0.29) is 5.92 Å². The predicted octanol–water partition coefficient (Wildman–Crippen LogP) is 8.79. The number of fused-ring (bicyclic) bond motifs is 1. The summed E-state index contributed by atoms with van der Waals surface area (Å²) >= 11 is 0. The highest BCUT2D eigenvalue weighted by Crippen LogP contribution is 2.42. The van der Waals surface area contributed by atoms with Gasteiger partial charge in [0.15, 0.2) is 11.6 Å². The van der Waals surface area contributed by atoms with Crippen molar-refractivity contribution in [2.45, 2.75) is 90.4 Å². The van der Waals surface area contributed by atoms with Gasteiger partial charge >= 0.3 is 0 Å². The highest BCUT2D eigenvalue weighted by Gasteiger charge is 2.28. The van der Waals surface area contributed by atoms with Crippen LogP contribution in [0.3, 0.4) is 0 Å². The summed E-state index contributed by atoms with van der Waals surface area (Å²) in [6.07, 6.45) is 14.0. The van der Waals surface area contributed by atoms with E-state index in [1.54, 1.807) is 6.07 Å². The molecule has 2 aliphatic rings. The molecule has 2 aromatic carbocycles. The van der Waals surface area contributed by atoms with E-state index in [0.717, 1.165) is 48.8 Å². The monoisotopic (exact) mass is 428 g/mol. The topological polar surface area (TPSA) is 9.23 Å². The van der Waals surface area contributed by atoms with Gasteiger partial charge in [-0.3, -0.25) is 0 Å². The molecule has 0 saturated heterocycles. The lowest BCUT2D eigenvalue weighted by Crippen LogP contribution is -2.18. The zero-order valence-electron chi connectivity index (χ0n) is 19.3. The highest BCUT2D eigenvalue weighted by molar-refractivity contribution is 5.85. The van der Waals surface area contributed by atoms with Crippen molar-refractivity contribution in [3.63, 3.8) is 0 Å². The van der Waals surface area contributed by atoms with Crippen LogP contribution in [0.25, 0.3) is 10.8 Å². The van der Waals surface area contributed by atoms with Gasteiger partial charge in [-0.15, -0.1) is 0 Å². The minimum absolute atomic E-state index is 0.140. The van der Waals surface area contributed by atoms with Crippen molar-refractivity contribution >= 4 is 10.8 Å². The molecule has 0 atom stereocenters. The van der Waals surface area contributed by atoms with Crippen molar-refractivity contribution in [1.82, 2.24) is 0 Å². The SMILES string of the molecule is CCOc1ccc2cc(C3CCC(CCC4CCC(CC)CC4)CC3)c(F)c(F)c2c1. The summed E-state index contributed by atoms with van der Waals surface area (Å²) in [6, 6.07) is 7.19. The van der Waals surface area contributed by atoms with Crippen molar-refractivity contribution in [3.8, 4) is 5.75 Å². The Morgan fingerprint density at radius 1 is 0.774 bits per heavy atom. The van der Waals surface area contributed by atoms with Gasteiger partial charge in [-0.25, -0.2) is 8.78 Å². The maximum Gasteiger partial charge on any atom is 0.167 e. The van der Waals surface area contributed by atoms with E-state index < -0.39 is 11.6 Å². The molecule has 0 unspecified atom stereocenters. The van der Waals surface area contributed by atoms with Crippen LogP contribution in [0.2, 0.25) is 0 Å². The summed E-state index contributed by atoms with van der Waals surface area (Å²) in [5.74, 6) is 2.01. The molecule has 2 aromatic rings. The van der Waals surface area contributed by atoms with Gasteiger partial charge < -0.3 is 4.74 Å². The molecule has 3 heteroatoms. The molecule has 0 spiro atoms. The van der Waals surface area contributed by atoms with Gasteiger partial charge in [-0.05, 0) is 85.4 Å². The Bertz CT molecular complexity index is 861. The lowest BCUT2D eigenvalue weighted by Gasteiger charge is -2.32. The van der Waals surface area contributed by atoms with E-state index in [2.05, 4.69) is 6.92 Å². The fraction of sp³-hybridized carbons (Fsp3) is 0.643. The molecule has 0 heterocycles. The van der Waals surface area contributed by atoms with Crippen LogP contribution < -0.4 is 4.74 Å². The van der Waals surface area contributed by atoms with Gasteiger partial charge in [-0.1, -0.05) is 57.9 Å². The molecule has 2 fully saturated rings. The molecule has 31 heavy (non-hydrogen) atoms. The first-order valence-corrected chi connectivity index (χ1v) is 12.6. The number of hydrogen-bond acceptors (Lipinski definition) is 1. The number of ether oxygens (including phenoxy) is 1. The average molecular weight is 429 g/mol. The van der Waals surface area contributed by atoms with E-state index in [1.165, 1.54) is 44.9 Å². The van der Waals surface area contributed by atoms with Crippen molar-refractivity contribution < 1.29 is 13.5 Å². The summed E-state index contributed by atoms with van der Waals surface area (Å²) in [5, 5.41) is 1.08. The van der Waals surface area contributed by atoms with Crippen molar-refractivity contribution in [3.05, 3.63) is 41.5 Å².